The maximum absolute atomic E-state index is 12.3. The standard InChI is InChI=1S/C13H16N2O3S/c1-11(16)6-4-5-9-15-10-14-12-7-2-3-8-13(12)19(15,17)18/h2-3,7-8,10H,4-6,9H2,1H3. The summed E-state index contributed by atoms with van der Waals surface area (Å²) in [5.74, 6) is 0.125. The van der Waals surface area contributed by atoms with Crippen LogP contribution in [0.1, 0.15) is 26.2 Å². The third kappa shape index (κ3) is 3.01. The van der Waals surface area contributed by atoms with E-state index in [1.54, 1.807) is 24.3 Å². The number of fused-ring (bicyclic) bond motifs is 1. The smallest absolute Gasteiger partial charge is 0.267 e. The Morgan fingerprint density at radius 3 is 2.74 bits per heavy atom. The van der Waals surface area contributed by atoms with Gasteiger partial charge in [-0.3, -0.25) is 4.31 Å². The molecule has 0 radical (unpaired) electrons. The first kappa shape index (κ1) is 13.7. The fourth-order valence-corrected chi connectivity index (χ4v) is 3.35. The second-order valence-corrected chi connectivity index (χ2v) is 6.35. The van der Waals surface area contributed by atoms with Gasteiger partial charge in [0.2, 0.25) is 0 Å². The van der Waals surface area contributed by atoms with Crippen molar-refractivity contribution in [2.24, 2.45) is 4.99 Å². The van der Waals surface area contributed by atoms with Gasteiger partial charge in [-0.05, 0) is 31.9 Å². The molecule has 2 rings (SSSR count). The van der Waals surface area contributed by atoms with Gasteiger partial charge in [-0.2, -0.15) is 0 Å². The SMILES string of the molecule is CC(=O)CCCCN1C=Nc2ccccc2S1(=O)=O. The Balaban J connectivity index is 2.07. The molecule has 5 nitrogen and oxygen atoms in total. The van der Waals surface area contributed by atoms with Gasteiger partial charge in [0.25, 0.3) is 10.0 Å². The normalized spacial score (nSPS) is 16.2. The van der Waals surface area contributed by atoms with Crippen molar-refractivity contribution in [2.45, 2.75) is 31.1 Å². The lowest BCUT2D eigenvalue weighted by atomic mass is 10.2. The fourth-order valence-electron chi connectivity index (χ4n) is 1.92. The number of hydrogen-bond acceptors (Lipinski definition) is 4. The lowest BCUT2D eigenvalue weighted by Gasteiger charge is -2.23. The molecule has 1 aliphatic rings. The van der Waals surface area contributed by atoms with Gasteiger partial charge in [-0.15, -0.1) is 0 Å². The summed E-state index contributed by atoms with van der Waals surface area (Å²) in [4.78, 5) is 15.2. The van der Waals surface area contributed by atoms with E-state index in [4.69, 9.17) is 0 Å². The lowest BCUT2D eigenvalue weighted by molar-refractivity contribution is -0.117. The van der Waals surface area contributed by atoms with E-state index in [9.17, 15) is 13.2 Å². The molecular formula is C13H16N2O3S. The van der Waals surface area contributed by atoms with Crippen molar-refractivity contribution >= 4 is 27.8 Å². The fraction of sp³-hybridized carbons (Fsp3) is 0.385. The highest BCUT2D eigenvalue weighted by molar-refractivity contribution is 7.89. The maximum Gasteiger partial charge on any atom is 0.267 e. The Morgan fingerprint density at radius 1 is 1.26 bits per heavy atom. The highest BCUT2D eigenvalue weighted by atomic mass is 32.2. The molecule has 102 valence electrons. The molecule has 0 unspecified atom stereocenters. The minimum Gasteiger partial charge on any atom is -0.300 e. The zero-order valence-electron chi connectivity index (χ0n) is 10.7. The van der Waals surface area contributed by atoms with Gasteiger partial charge in [0.1, 0.15) is 17.0 Å². The number of unbranched alkanes of at least 4 members (excludes halogenated alkanes) is 1. The minimum atomic E-state index is -3.48. The summed E-state index contributed by atoms with van der Waals surface area (Å²) < 4.78 is 25.8. The first-order chi connectivity index (χ1) is 9.01. The van der Waals surface area contributed by atoms with E-state index in [1.165, 1.54) is 17.6 Å². The summed E-state index contributed by atoms with van der Waals surface area (Å²) in [6.07, 6.45) is 3.18. The molecule has 0 fully saturated rings. The van der Waals surface area contributed by atoms with Crippen molar-refractivity contribution in [3.05, 3.63) is 24.3 Å². The van der Waals surface area contributed by atoms with Crippen LogP contribution in [0.4, 0.5) is 5.69 Å². The summed E-state index contributed by atoms with van der Waals surface area (Å²) >= 11 is 0. The molecule has 0 saturated heterocycles. The largest absolute Gasteiger partial charge is 0.300 e. The number of ketones is 1. The number of benzene rings is 1. The zero-order chi connectivity index (χ0) is 13.9. The average Bonchev–Trinajstić information content (AvgIpc) is 2.36. The number of carbonyl (C=O) groups is 1. The first-order valence-electron chi connectivity index (χ1n) is 6.16. The number of rotatable bonds is 5. The van der Waals surface area contributed by atoms with Gasteiger partial charge in [0, 0.05) is 13.0 Å². The molecule has 0 saturated carbocycles. The summed E-state index contributed by atoms with van der Waals surface area (Å²) in [6.45, 7) is 1.89. The molecule has 1 aromatic carbocycles. The summed E-state index contributed by atoms with van der Waals surface area (Å²) in [5, 5.41) is 0. The Bertz CT molecular complexity index is 608. The first-order valence-corrected chi connectivity index (χ1v) is 7.60. The topological polar surface area (TPSA) is 66.8 Å². The van der Waals surface area contributed by atoms with E-state index < -0.39 is 10.0 Å². The van der Waals surface area contributed by atoms with Gasteiger partial charge in [-0.1, -0.05) is 12.1 Å². The average molecular weight is 280 g/mol. The van der Waals surface area contributed by atoms with Gasteiger partial charge in [-0.25, -0.2) is 13.4 Å². The van der Waals surface area contributed by atoms with Crippen LogP contribution in [0.15, 0.2) is 34.2 Å². The highest BCUT2D eigenvalue weighted by Gasteiger charge is 2.27. The predicted molar refractivity (Wildman–Crippen MR) is 73.0 cm³/mol. The van der Waals surface area contributed by atoms with E-state index in [0.717, 1.165) is 0 Å². The molecule has 0 amide bonds. The molecule has 1 heterocycles. The number of para-hydroxylation sites is 1. The summed E-state index contributed by atoms with van der Waals surface area (Å²) in [7, 11) is -3.48. The van der Waals surface area contributed by atoms with E-state index in [1.807, 2.05) is 0 Å². The van der Waals surface area contributed by atoms with Crippen molar-refractivity contribution in [3.8, 4) is 0 Å². The summed E-state index contributed by atoms with van der Waals surface area (Å²) in [5.41, 5.74) is 0.475. The van der Waals surface area contributed by atoms with Crippen LogP contribution in [0.25, 0.3) is 0 Å². The van der Waals surface area contributed by atoms with E-state index in [-0.39, 0.29) is 10.7 Å². The number of sulfonamides is 1. The maximum atomic E-state index is 12.3. The quantitative estimate of drug-likeness (QED) is 0.776. The van der Waals surface area contributed by atoms with Crippen LogP contribution < -0.4 is 0 Å². The van der Waals surface area contributed by atoms with Gasteiger partial charge in [0.05, 0.1) is 5.69 Å². The predicted octanol–water partition coefficient (Wildman–Crippen LogP) is 2.11. The molecule has 1 aliphatic heterocycles. The number of Topliss-reactive ketones (excluding diaryl/α,β-unsaturated/α-hetero) is 1. The number of nitrogens with zero attached hydrogens (tertiary/aromatic N) is 2. The number of aliphatic imine (C=N–C) groups is 1. The molecule has 0 aromatic heterocycles. The van der Waals surface area contributed by atoms with Crippen LogP contribution in [-0.4, -0.2) is 31.4 Å². The number of carbonyl (C=O) groups excluding carboxylic acids is 1. The van der Waals surface area contributed by atoms with Crippen LogP contribution in [0.5, 0.6) is 0 Å². The summed E-state index contributed by atoms with van der Waals surface area (Å²) in [6, 6.07) is 6.68. The van der Waals surface area contributed by atoms with Crippen molar-refractivity contribution < 1.29 is 13.2 Å². The van der Waals surface area contributed by atoms with Crippen LogP contribution >= 0.6 is 0 Å². The second kappa shape index (κ2) is 5.52. The molecule has 19 heavy (non-hydrogen) atoms. The van der Waals surface area contributed by atoms with Gasteiger partial charge < -0.3 is 4.79 Å². The monoisotopic (exact) mass is 280 g/mol. The van der Waals surface area contributed by atoms with Crippen molar-refractivity contribution in [1.82, 2.24) is 4.31 Å². The third-order valence-electron chi connectivity index (χ3n) is 2.93. The zero-order valence-corrected chi connectivity index (χ0v) is 11.6. The lowest BCUT2D eigenvalue weighted by Crippen LogP contribution is -2.32. The Kier molecular flexibility index (Phi) is 3.99. The van der Waals surface area contributed by atoms with Gasteiger partial charge in [0.15, 0.2) is 0 Å². The van der Waals surface area contributed by atoms with Crippen molar-refractivity contribution in [3.63, 3.8) is 0 Å². The molecule has 0 spiro atoms. The Morgan fingerprint density at radius 2 is 2.00 bits per heavy atom. The molecule has 6 heteroatoms. The Labute approximate surface area is 113 Å². The Hall–Kier alpha value is -1.69. The van der Waals surface area contributed by atoms with Crippen LogP contribution in [0, 0.1) is 0 Å². The molecule has 1 aromatic rings. The van der Waals surface area contributed by atoms with Crippen LogP contribution in [0.3, 0.4) is 0 Å². The highest BCUT2D eigenvalue weighted by Crippen LogP contribution is 2.29. The van der Waals surface area contributed by atoms with Crippen LogP contribution in [-0.2, 0) is 14.8 Å². The van der Waals surface area contributed by atoms with E-state index in [2.05, 4.69) is 4.99 Å². The van der Waals surface area contributed by atoms with Crippen LogP contribution in [0.2, 0.25) is 0 Å². The molecule has 0 atom stereocenters. The third-order valence-corrected chi connectivity index (χ3v) is 4.73. The van der Waals surface area contributed by atoms with E-state index in [0.29, 0.717) is 31.5 Å². The van der Waals surface area contributed by atoms with Gasteiger partial charge >= 0.3 is 0 Å². The van der Waals surface area contributed by atoms with Crippen molar-refractivity contribution in [2.75, 3.05) is 6.54 Å². The molecular weight excluding hydrogens is 264 g/mol. The number of hydrogen-bond donors (Lipinski definition) is 0. The molecule has 0 bridgehead atoms. The second-order valence-electron chi connectivity index (χ2n) is 4.49. The van der Waals surface area contributed by atoms with E-state index >= 15 is 0 Å². The van der Waals surface area contributed by atoms with Crippen molar-refractivity contribution in [1.29, 1.82) is 0 Å². The molecule has 0 N–H and O–H groups in total. The molecule has 0 aliphatic carbocycles. The minimum absolute atomic E-state index is 0.125.